The molecule has 0 atom stereocenters. The molecule has 0 spiro atoms. The SMILES string of the molecule is [C-]#[N+]c1cccc(-n2c3ccccc3c3cc(-c4ccc(C)cc4C)ccc32)c1-c1cc(-c2cc(C)cc(C(F)(F)F)c2)ccc1-n1c2ccccc2c2cc(-c3ccc(C)cc3C)ccc21. The number of aryl methyl sites for hydroxylation is 5. The summed E-state index contributed by atoms with van der Waals surface area (Å²) in [6, 6.07) is 58.9. The average molecular weight is 876 g/mol. The Balaban J connectivity index is 1.22. The highest BCUT2D eigenvalue weighted by Gasteiger charge is 2.31. The highest BCUT2D eigenvalue weighted by Crippen LogP contribution is 2.47. The summed E-state index contributed by atoms with van der Waals surface area (Å²) >= 11 is 0. The Morgan fingerprint density at radius 2 is 0.940 bits per heavy atom. The number of hydrogen-bond donors (Lipinski definition) is 0. The van der Waals surface area contributed by atoms with E-state index in [0.717, 1.165) is 71.7 Å². The van der Waals surface area contributed by atoms with Gasteiger partial charge in [0.2, 0.25) is 0 Å². The van der Waals surface area contributed by atoms with Crippen molar-refractivity contribution in [3.8, 4) is 55.9 Å². The van der Waals surface area contributed by atoms with Crippen molar-refractivity contribution in [1.82, 2.24) is 9.13 Å². The topological polar surface area (TPSA) is 14.2 Å². The zero-order valence-electron chi connectivity index (χ0n) is 37.7. The maximum Gasteiger partial charge on any atom is 0.416 e. The van der Waals surface area contributed by atoms with Gasteiger partial charge in [-0.3, -0.25) is 0 Å². The van der Waals surface area contributed by atoms with Crippen molar-refractivity contribution in [2.24, 2.45) is 0 Å². The van der Waals surface area contributed by atoms with Crippen molar-refractivity contribution in [1.29, 1.82) is 0 Å². The normalized spacial score (nSPS) is 11.9. The van der Waals surface area contributed by atoms with E-state index in [9.17, 15) is 13.2 Å². The van der Waals surface area contributed by atoms with Crippen LogP contribution in [-0.4, -0.2) is 9.13 Å². The molecule has 0 aliphatic rings. The Labute approximate surface area is 387 Å². The summed E-state index contributed by atoms with van der Waals surface area (Å²) in [4.78, 5) is 4.20. The van der Waals surface area contributed by atoms with E-state index >= 15 is 0 Å². The van der Waals surface area contributed by atoms with Crippen LogP contribution in [0.5, 0.6) is 0 Å². The lowest BCUT2D eigenvalue weighted by Crippen LogP contribution is -2.05. The third-order valence-corrected chi connectivity index (χ3v) is 13.4. The van der Waals surface area contributed by atoms with Crippen molar-refractivity contribution in [2.45, 2.75) is 40.8 Å². The van der Waals surface area contributed by atoms with Gasteiger partial charge in [0, 0.05) is 32.8 Å². The highest BCUT2D eigenvalue weighted by molar-refractivity contribution is 6.13. The molecule has 0 aliphatic carbocycles. The second-order valence-electron chi connectivity index (χ2n) is 17.9. The Morgan fingerprint density at radius 3 is 1.49 bits per heavy atom. The predicted molar refractivity (Wildman–Crippen MR) is 272 cm³/mol. The maximum absolute atomic E-state index is 14.4. The summed E-state index contributed by atoms with van der Waals surface area (Å²) in [5.41, 5.74) is 17.5. The molecular formula is C61H44F3N3. The van der Waals surface area contributed by atoms with E-state index in [-0.39, 0.29) is 0 Å². The Bertz CT molecular complexity index is 3870. The van der Waals surface area contributed by atoms with Crippen LogP contribution in [0.15, 0.2) is 176 Å². The lowest BCUT2D eigenvalue weighted by Gasteiger charge is -2.21. The van der Waals surface area contributed by atoms with Gasteiger partial charge in [0.05, 0.1) is 39.9 Å². The number of benzene rings is 9. The van der Waals surface area contributed by atoms with E-state index < -0.39 is 11.7 Å². The van der Waals surface area contributed by atoms with Crippen LogP contribution in [0.25, 0.3) is 104 Å². The van der Waals surface area contributed by atoms with Crippen LogP contribution in [0.2, 0.25) is 0 Å². The Hall–Kier alpha value is -8.14. The van der Waals surface area contributed by atoms with E-state index in [1.165, 1.54) is 39.9 Å². The van der Waals surface area contributed by atoms with Crippen molar-refractivity contribution in [3.63, 3.8) is 0 Å². The predicted octanol–water partition coefficient (Wildman–Crippen LogP) is 17.7. The fraction of sp³-hybridized carbons (Fsp3) is 0.0984. The second-order valence-corrected chi connectivity index (χ2v) is 17.9. The van der Waals surface area contributed by atoms with Crippen LogP contribution in [0.3, 0.4) is 0 Å². The Morgan fingerprint density at radius 1 is 0.403 bits per heavy atom. The number of hydrogen-bond acceptors (Lipinski definition) is 0. The molecule has 11 rings (SSSR count). The summed E-state index contributed by atoms with van der Waals surface area (Å²) in [6.07, 6.45) is -4.53. The van der Waals surface area contributed by atoms with Crippen LogP contribution >= 0.6 is 0 Å². The summed E-state index contributed by atoms with van der Waals surface area (Å²) in [5.74, 6) is 0. The lowest BCUT2D eigenvalue weighted by molar-refractivity contribution is -0.137. The summed E-state index contributed by atoms with van der Waals surface area (Å²) in [5, 5.41) is 4.27. The fourth-order valence-electron chi connectivity index (χ4n) is 10.4. The quantitative estimate of drug-likeness (QED) is 0.148. The molecule has 0 amide bonds. The van der Waals surface area contributed by atoms with Crippen LogP contribution in [-0.2, 0) is 6.18 Å². The van der Waals surface area contributed by atoms with E-state index in [1.807, 2.05) is 42.5 Å². The minimum Gasteiger partial charge on any atom is -0.310 e. The third-order valence-electron chi connectivity index (χ3n) is 13.4. The zero-order valence-corrected chi connectivity index (χ0v) is 37.7. The van der Waals surface area contributed by atoms with Crippen LogP contribution in [0, 0.1) is 41.2 Å². The number of para-hydroxylation sites is 2. The molecule has 0 bridgehead atoms. The molecule has 0 fully saturated rings. The lowest BCUT2D eigenvalue weighted by atomic mass is 9.93. The standard InChI is InChI=1S/C61H44F3N3/c1-36-18-23-46(39(4)28-36)42-21-26-56-50(34-42)48-12-7-9-15-54(48)66(56)58-25-20-41(44-30-38(3)31-45(32-44)61(62,63)64)33-52(58)60-53(65-6)14-11-17-59(60)67-55-16-10-8-13-49(55)51-35-43(22-27-57(51)67)47-24-19-37(2)29-40(47)5/h7-35H,1-5H3. The molecule has 0 radical (unpaired) electrons. The van der Waals surface area contributed by atoms with Crippen LogP contribution < -0.4 is 0 Å². The van der Waals surface area contributed by atoms with Gasteiger partial charge in [-0.05, 0) is 157 Å². The Kier molecular flexibility index (Phi) is 9.79. The van der Waals surface area contributed by atoms with Crippen molar-refractivity contribution < 1.29 is 13.2 Å². The van der Waals surface area contributed by atoms with Crippen LogP contribution in [0.4, 0.5) is 18.9 Å². The first-order chi connectivity index (χ1) is 32.4. The van der Waals surface area contributed by atoms with Gasteiger partial charge in [0.15, 0.2) is 5.69 Å². The monoisotopic (exact) mass is 875 g/mol. The molecule has 67 heavy (non-hydrogen) atoms. The largest absolute Gasteiger partial charge is 0.416 e. The van der Waals surface area contributed by atoms with Crippen LogP contribution in [0.1, 0.15) is 33.4 Å². The molecule has 0 saturated heterocycles. The van der Waals surface area contributed by atoms with E-state index in [4.69, 9.17) is 6.57 Å². The van der Waals surface area contributed by atoms with E-state index in [0.29, 0.717) is 33.5 Å². The molecule has 9 aromatic carbocycles. The molecule has 6 heteroatoms. The van der Waals surface area contributed by atoms with Gasteiger partial charge in [-0.1, -0.05) is 120 Å². The number of rotatable bonds is 6. The molecular weight excluding hydrogens is 832 g/mol. The number of aromatic nitrogens is 2. The minimum absolute atomic E-state index is 0.423. The van der Waals surface area contributed by atoms with Gasteiger partial charge in [0.25, 0.3) is 0 Å². The number of halogens is 3. The maximum atomic E-state index is 14.4. The summed E-state index contributed by atoms with van der Waals surface area (Å²) < 4.78 is 47.7. The zero-order chi connectivity index (χ0) is 46.3. The molecule has 2 heterocycles. The van der Waals surface area contributed by atoms with E-state index in [1.54, 1.807) is 13.0 Å². The minimum atomic E-state index is -4.53. The molecule has 0 N–H and O–H groups in total. The number of nitrogens with zero attached hydrogens (tertiary/aromatic N) is 3. The highest BCUT2D eigenvalue weighted by atomic mass is 19.4. The van der Waals surface area contributed by atoms with Crippen molar-refractivity contribution >= 4 is 49.3 Å². The van der Waals surface area contributed by atoms with Crippen molar-refractivity contribution in [3.05, 3.63) is 221 Å². The molecule has 11 aromatic rings. The molecule has 0 saturated carbocycles. The summed E-state index contributed by atoms with van der Waals surface area (Å²) in [7, 11) is 0. The molecule has 324 valence electrons. The fourth-order valence-corrected chi connectivity index (χ4v) is 10.4. The van der Waals surface area contributed by atoms with Gasteiger partial charge in [-0.2, -0.15) is 13.2 Å². The molecule has 2 aromatic heterocycles. The molecule has 3 nitrogen and oxygen atoms in total. The molecule has 0 aliphatic heterocycles. The number of fused-ring (bicyclic) bond motifs is 6. The first-order valence-corrected chi connectivity index (χ1v) is 22.4. The third kappa shape index (κ3) is 6.98. The first kappa shape index (κ1) is 41.6. The smallest absolute Gasteiger partial charge is 0.310 e. The first-order valence-electron chi connectivity index (χ1n) is 22.4. The average Bonchev–Trinajstić information content (AvgIpc) is 3.82. The van der Waals surface area contributed by atoms with Gasteiger partial charge in [0.1, 0.15) is 0 Å². The van der Waals surface area contributed by atoms with Gasteiger partial charge in [-0.15, -0.1) is 0 Å². The van der Waals surface area contributed by atoms with Gasteiger partial charge in [-0.25, -0.2) is 4.85 Å². The number of alkyl halides is 3. The van der Waals surface area contributed by atoms with E-state index in [2.05, 4.69) is 157 Å². The van der Waals surface area contributed by atoms with Gasteiger partial charge >= 0.3 is 6.18 Å². The second kappa shape index (κ2) is 15.8. The summed E-state index contributed by atoms with van der Waals surface area (Å²) in [6.45, 7) is 18.9. The van der Waals surface area contributed by atoms with Crippen molar-refractivity contribution in [2.75, 3.05) is 0 Å². The van der Waals surface area contributed by atoms with Gasteiger partial charge < -0.3 is 9.13 Å². The molecule has 0 unspecified atom stereocenters.